The van der Waals surface area contributed by atoms with Gasteiger partial charge in [0.1, 0.15) is 0 Å². The van der Waals surface area contributed by atoms with Crippen molar-refractivity contribution < 1.29 is 0 Å². The molecule has 0 fully saturated rings. The maximum absolute atomic E-state index is 2.69. The first-order chi connectivity index (χ1) is 32.4. The van der Waals surface area contributed by atoms with E-state index in [1.165, 1.54) is 110 Å². The predicted octanol–water partition coefficient (Wildman–Crippen LogP) is 14.4. The number of allylic oxidation sites excluding steroid dienone is 4. The van der Waals surface area contributed by atoms with E-state index in [0.29, 0.717) is 0 Å². The predicted molar refractivity (Wildman–Crippen MR) is 286 cm³/mol. The van der Waals surface area contributed by atoms with Crippen molar-refractivity contribution in [3.63, 3.8) is 0 Å². The summed E-state index contributed by atoms with van der Waals surface area (Å²) in [5.74, 6) is 0. The molecule has 0 radical (unpaired) electrons. The van der Waals surface area contributed by atoms with E-state index in [9.17, 15) is 0 Å². The molecule has 0 amide bonds. The standard InChI is InChI=1S/C63H52BN3/c1-61(2,3)38-25-29-40(30-26-38)65(41-31-27-39(28-32-41)62(4,5)6)42-33-34-43-48(36-42)50-20-12-13-35-63(50,7)56-49(43)37-55-57-60(56)67-54-24-11-9-17-45(54)47-19-15-22-52(59(47)67)64(57)51-21-14-18-46-44-16-8-10-23-53(44)66(55)58(46)51/h8-34,36-37H,35H2,1-7H3. The molecular formula is C63H52BN3. The lowest BCUT2D eigenvalue weighted by Crippen LogP contribution is -2.60. The van der Waals surface area contributed by atoms with Gasteiger partial charge in [-0.1, -0.05) is 170 Å². The largest absolute Gasteiger partial charge is 0.310 e. The van der Waals surface area contributed by atoms with Gasteiger partial charge < -0.3 is 14.0 Å². The zero-order chi connectivity index (χ0) is 45.3. The Balaban J connectivity index is 1.09. The third kappa shape index (κ3) is 5.14. The van der Waals surface area contributed by atoms with Crippen LogP contribution in [0, 0.1) is 0 Å². The fourth-order valence-corrected chi connectivity index (χ4v) is 12.8. The lowest BCUT2D eigenvalue weighted by molar-refractivity contribution is 0.590. The molecule has 322 valence electrons. The number of hydrogen-bond donors (Lipinski definition) is 0. The van der Waals surface area contributed by atoms with Crippen LogP contribution in [0.5, 0.6) is 0 Å². The lowest BCUT2D eigenvalue weighted by Gasteiger charge is -2.45. The summed E-state index contributed by atoms with van der Waals surface area (Å²) in [5, 5.41) is 5.26. The highest BCUT2D eigenvalue weighted by atomic mass is 15.1. The van der Waals surface area contributed by atoms with Crippen LogP contribution < -0.4 is 21.3 Å². The fraction of sp³-hybridized carbons (Fsp3) is 0.175. The maximum Gasteiger partial charge on any atom is 0.252 e. The molecule has 0 saturated carbocycles. The van der Waals surface area contributed by atoms with Crippen molar-refractivity contribution >= 4 is 89.3 Å². The molecule has 14 rings (SSSR count). The second-order valence-electron chi connectivity index (χ2n) is 21.9. The maximum atomic E-state index is 2.69. The first-order valence-electron chi connectivity index (χ1n) is 24.2. The van der Waals surface area contributed by atoms with Crippen LogP contribution in [0.15, 0.2) is 176 Å². The van der Waals surface area contributed by atoms with Gasteiger partial charge in [0.25, 0.3) is 6.71 Å². The van der Waals surface area contributed by atoms with Crippen LogP contribution in [0.2, 0.25) is 0 Å². The first kappa shape index (κ1) is 38.9. The number of benzene rings is 8. The molecule has 1 unspecified atom stereocenters. The molecule has 8 aromatic carbocycles. The molecule has 67 heavy (non-hydrogen) atoms. The Morgan fingerprint density at radius 3 is 1.66 bits per heavy atom. The van der Waals surface area contributed by atoms with Crippen molar-refractivity contribution in [2.45, 2.75) is 71.1 Å². The van der Waals surface area contributed by atoms with Crippen LogP contribution in [0.25, 0.3) is 71.7 Å². The Morgan fingerprint density at radius 1 is 0.522 bits per heavy atom. The van der Waals surface area contributed by atoms with E-state index in [1.807, 2.05) is 0 Å². The monoisotopic (exact) mass is 861 g/mol. The molecule has 4 heterocycles. The second kappa shape index (κ2) is 13.2. The smallest absolute Gasteiger partial charge is 0.252 e. The van der Waals surface area contributed by atoms with Crippen LogP contribution >= 0.6 is 0 Å². The summed E-state index contributed by atoms with van der Waals surface area (Å²) >= 11 is 0. The summed E-state index contributed by atoms with van der Waals surface area (Å²) in [6, 6.07) is 60.7. The minimum atomic E-state index is -0.312. The molecule has 0 bridgehead atoms. The fourth-order valence-electron chi connectivity index (χ4n) is 12.8. The van der Waals surface area contributed by atoms with Crippen LogP contribution in [0.3, 0.4) is 0 Å². The highest BCUT2D eigenvalue weighted by Gasteiger charge is 2.48. The molecular weight excluding hydrogens is 810 g/mol. The van der Waals surface area contributed by atoms with Crippen molar-refractivity contribution in [1.29, 1.82) is 0 Å². The van der Waals surface area contributed by atoms with E-state index in [4.69, 9.17) is 0 Å². The topological polar surface area (TPSA) is 13.1 Å². The normalized spacial score (nSPS) is 16.6. The minimum Gasteiger partial charge on any atom is -0.310 e. The Kier molecular flexibility index (Phi) is 7.67. The van der Waals surface area contributed by atoms with Gasteiger partial charge in [-0.2, -0.15) is 0 Å². The second-order valence-corrected chi connectivity index (χ2v) is 21.9. The number of rotatable bonds is 3. The average molecular weight is 862 g/mol. The summed E-state index contributed by atoms with van der Waals surface area (Å²) in [7, 11) is 0. The van der Waals surface area contributed by atoms with Gasteiger partial charge in [0.15, 0.2) is 0 Å². The van der Waals surface area contributed by atoms with Gasteiger partial charge in [0.05, 0.1) is 11.0 Å². The number of fused-ring (bicyclic) bond motifs is 17. The molecule has 0 N–H and O–H groups in total. The molecule has 3 nitrogen and oxygen atoms in total. The lowest BCUT2D eigenvalue weighted by atomic mass is 9.33. The van der Waals surface area contributed by atoms with Crippen molar-refractivity contribution in [2.24, 2.45) is 0 Å². The van der Waals surface area contributed by atoms with Gasteiger partial charge in [0, 0.05) is 66.4 Å². The Bertz CT molecular complexity index is 3800. The Morgan fingerprint density at radius 2 is 1.06 bits per heavy atom. The highest BCUT2D eigenvalue weighted by Crippen LogP contribution is 2.58. The SMILES string of the molecule is CC(C)(C)c1ccc(N(c2ccc(C(C)(C)C)cc2)c2ccc3c(c2)C2=CC=CCC2(C)c2c-3cc3c4c2-n2c5ccccc5c5cccc(c52)B4c2cccc4c5ccccc5n-3c24)cc1. The number of hydrogen-bond acceptors (Lipinski definition) is 1. The Hall–Kier alpha value is -7.30. The molecule has 0 saturated heterocycles. The molecule has 2 aromatic heterocycles. The zero-order valence-corrected chi connectivity index (χ0v) is 39.4. The molecule has 1 atom stereocenters. The van der Waals surface area contributed by atoms with E-state index < -0.39 is 0 Å². The third-order valence-corrected chi connectivity index (χ3v) is 16.0. The van der Waals surface area contributed by atoms with Crippen LogP contribution in [0.1, 0.15) is 77.1 Å². The van der Waals surface area contributed by atoms with Crippen molar-refractivity contribution in [1.82, 2.24) is 9.13 Å². The molecule has 0 spiro atoms. The summed E-state index contributed by atoms with van der Waals surface area (Å²) in [5.41, 5.74) is 24.7. The van der Waals surface area contributed by atoms with Crippen molar-refractivity contribution in [3.05, 3.63) is 198 Å². The van der Waals surface area contributed by atoms with Crippen molar-refractivity contribution in [3.8, 4) is 22.5 Å². The van der Waals surface area contributed by atoms with Gasteiger partial charge in [-0.05, 0) is 127 Å². The molecule has 2 aliphatic carbocycles. The van der Waals surface area contributed by atoms with Gasteiger partial charge >= 0.3 is 0 Å². The summed E-state index contributed by atoms with van der Waals surface area (Å²) in [6.07, 6.45) is 8.05. The van der Waals surface area contributed by atoms with Crippen LogP contribution in [0.4, 0.5) is 17.1 Å². The number of anilines is 3. The zero-order valence-electron chi connectivity index (χ0n) is 39.4. The van der Waals surface area contributed by atoms with Crippen LogP contribution in [-0.2, 0) is 16.2 Å². The average Bonchev–Trinajstić information content (AvgIpc) is 3.85. The van der Waals surface area contributed by atoms with Gasteiger partial charge in [-0.25, -0.2) is 0 Å². The first-order valence-corrected chi connectivity index (χ1v) is 24.2. The molecule has 4 aliphatic rings. The molecule has 10 aromatic rings. The van der Waals surface area contributed by atoms with Gasteiger partial charge in [-0.15, -0.1) is 0 Å². The third-order valence-electron chi connectivity index (χ3n) is 16.0. The minimum absolute atomic E-state index is 0.0580. The number of nitrogens with zero attached hydrogens (tertiary/aromatic N) is 3. The van der Waals surface area contributed by atoms with Crippen LogP contribution in [-0.4, -0.2) is 15.8 Å². The Labute approximate surface area is 393 Å². The van der Waals surface area contributed by atoms with E-state index in [2.05, 4.69) is 238 Å². The van der Waals surface area contributed by atoms with E-state index in [1.54, 1.807) is 0 Å². The number of aromatic nitrogens is 2. The van der Waals surface area contributed by atoms with Gasteiger partial charge in [-0.3, -0.25) is 0 Å². The summed E-state index contributed by atoms with van der Waals surface area (Å²) in [6.45, 7) is 16.4. The van der Waals surface area contributed by atoms with E-state index >= 15 is 0 Å². The quantitative estimate of drug-likeness (QED) is 0.161. The highest BCUT2D eigenvalue weighted by molar-refractivity contribution is 7.00. The van der Waals surface area contributed by atoms with Crippen molar-refractivity contribution in [2.75, 3.05) is 4.90 Å². The molecule has 2 aliphatic heterocycles. The summed E-state index contributed by atoms with van der Waals surface area (Å²) in [4.78, 5) is 2.46. The number of para-hydroxylation sites is 4. The van der Waals surface area contributed by atoms with E-state index in [-0.39, 0.29) is 23.0 Å². The summed E-state index contributed by atoms with van der Waals surface area (Å²) < 4.78 is 5.31. The molecule has 4 heteroatoms. The van der Waals surface area contributed by atoms with Gasteiger partial charge in [0.2, 0.25) is 0 Å². The van der Waals surface area contributed by atoms with E-state index in [0.717, 1.165) is 23.5 Å².